The molecule has 0 saturated heterocycles. The summed E-state index contributed by atoms with van der Waals surface area (Å²) >= 11 is 0. The van der Waals surface area contributed by atoms with Crippen LogP contribution in [-0.4, -0.2) is 24.8 Å². The van der Waals surface area contributed by atoms with Gasteiger partial charge in [0.25, 0.3) is 0 Å². The molecule has 0 aromatic carbocycles. The highest BCUT2D eigenvalue weighted by Crippen LogP contribution is 2.57. The molecule has 0 aliphatic heterocycles. The first kappa shape index (κ1) is 12.0. The number of hydrogen-bond donors (Lipinski definition) is 1. The average Bonchev–Trinajstić information content (AvgIpc) is 2.20. The highest BCUT2D eigenvalue weighted by atomic mass is 16.5. The predicted molar refractivity (Wildman–Crippen MR) is 66.2 cm³/mol. The van der Waals surface area contributed by atoms with Crippen molar-refractivity contribution >= 4 is 0 Å². The largest absolute Gasteiger partial charge is 0.378 e. The van der Waals surface area contributed by atoms with Gasteiger partial charge in [0, 0.05) is 18.1 Å². The minimum Gasteiger partial charge on any atom is -0.378 e. The summed E-state index contributed by atoms with van der Waals surface area (Å²) in [6.45, 7) is 5.07. The molecule has 2 aliphatic carbocycles. The second kappa shape index (κ2) is 4.77. The highest BCUT2D eigenvalue weighted by molar-refractivity contribution is 5.14. The van der Waals surface area contributed by atoms with Gasteiger partial charge in [0.05, 0.1) is 12.1 Å². The minimum atomic E-state index is 0.241. The van der Waals surface area contributed by atoms with E-state index in [0.717, 1.165) is 19.4 Å². The molecule has 0 amide bonds. The molecule has 0 aromatic rings. The van der Waals surface area contributed by atoms with Gasteiger partial charge in [-0.05, 0) is 32.6 Å². The first-order valence-electron chi connectivity index (χ1n) is 6.60. The van der Waals surface area contributed by atoms with Crippen molar-refractivity contribution in [2.24, 2.45) is 5.41 Å². The van der Waals surface area contributed by atoms with E-state index in [0.29, 0.717) is 17.6 Å². The molecule has 2 fully saturated rings. The first-order valence-corrected chi connectivity index (χ1v) is 6.60. The van der Waals surface area contributed by atoms with Crippen molar-refractivity contribution < 1.29 is 4.74 Å². The number of nitrogens with one attached hydrogen (secondary N) is 1. The fourth-order valence-electron chi connectivity index (χ4n) is 3.20. The molecule has 2 saturated carbocycles. The number of terminal acetylenes is 1. The van der Waals surface area contributed by atoms with E-state index in [4.69, 9.17) is 11.2 Å². The van der Waals surface area contributed by atoms with E-state index in [1.54, 1.807) is 0 Å². The molecular weight excluding hydrogens is 198 g/mol. The van der Waals surface area contributed by atoms with Gasteiger partial charge >= 0.3 is 0 Å². The molecular formula is C14H23NO. The van der Waals surface area contributed by atoms with Crippen LogP contribution in [0, 0.1) is 17.8 Å². The van der Waals surface area contributed by atoms with Crippen molar-refractivity contribution in [3.05, 3.63) is 0 Å². The average molecular weight is 221 g/mol. The van der Waals surface area contributed by atoms with Crippen molar-refractivity contribution in [3.63, 3.8) is 0 Å². The lowest BCUT2D eigenvalue weighted by atomic mass is 9.51. The SMILES string of the molecule is C#CC(CC)NC1CC(OCC)C12CCC2. The Morgan fingerprint density at radius 3 is 2.69 bits per heavy atom. The molecule has 2 aliphatic rings. The zero-order valence-electron chi connectivity index (χ0n) is 10.5. The summed E-state index contributed by atoms with van der Waals surface area (Å²) in [5.41, 5.74) is 0.431. The Bertz CT molecular complexity index is 277. The van der Waals surface area contributed by atoms with E-state index in [2.05, 4.69) is 25.1 Å². The molecule has 3 unspecified atom stereocenters. The lowest BCUT2D eigenvalue weighted by molar-refractivity contribution is -0.173. The summed E-state index contributed by atoms with van der Waals surface area (Å²) in [5.74, 6) is 2.83. The maximum Gasteiger partial charge on any atom is 0.0686 e. The third-order valence-electron chi connectivity index (χ3n) is 4.45. The number of hydrogen-bond acceptors (Lipinski definition) is 2. The van der Waals surface area contributed by atoms with Crippen LogP contribution in [0.3, 0.4) is 0 Å². The Balaban J connectivity index is 1.91. The summed E-state index contributed by atoms with van der Waals surface area (Å²) in [7, 11) is 0. The summed E-state index contributed by atoms with van der Waals surface area (Å²) < 4.78 is 5.82. The van der Waals surface area contributed by atoms with Gasteiger partial charge in [0.2, 0.25) is 0 Å². The fraction of sp³-hybridized carbons (Fsp3) is 0.857. The third kappa shape index (κ3) is 1.77. The molecule has 16 heavy (non-hydrogen) atoms. The van der Waals surface area contributed by atoms with Gasteiger partial charge in [-0.15, -0.1) is 6.42 Å². The van der Waals surface area contributed by atoms with E-state index in [1.807, 2.05) is 0 Å². The van der Waals surface area contributed by atoms with E-state index < -0.39 is 0 Å². The normalized spacial score (nSPS) is 32.6. The molecule has 1 spiro atoms. The molecule has 3 atom stereocenters. The van der Waals surface area contributed by atoms with Gasteiger partial charge < -0.3 is 10.1 Å². The third-order valence-corrected chi connectivity index (χ3v) is 4.45. The monoisotopic (exact) mass is 221 g/mol. The fourth-order valence-corrected chi connectivity index (χ4v) is 3.20. The molecule has 1 N–H and O–H groups in total. The number of rotatable bonds is 5. The zero-order valence-corrected chi connectivity index (χ0v) is 10.5. The summed E-state index contributed by atoms with van der Waals surface area (Å²) in [6, 6.07) is 0.837. The molecule has 0 bridgehead atoms. The van der Waals surface area contributed by atoms with Crippen LogP contribution in [0.4, 0.5) is 0 Å². The zero-order chi connectivity index (χ0) is 11.6. The molecule has 0 aromatic heterocycles. The second-order valence-corrected chi connectivity index (χ2v) is 5.11. The summed E-state index contributed by atoms with van der Waals surface area (Å²) in [4.78, 5) is 0. The van der Waals surface area contributed by atoms with Gasteiger partial charge in [-0.25, -0.2) is 0 Å². The molecule has 0 radical (unpaired) electrons. The Morgan fingerprint density at radius 1 is 1.50 bits per heavy atom. The van der Waals surface area contributed by atoms with Crippen LogP contribution in [0.15, 0.2) is 0 Å². The molecule has 2 nitrogen and oxygen atoms in total. The lowest BCUT2D eigenvalue weighted by Gasteiger charge is -2.61. The van der Waals surface area contributed by atoms with Crippen LogP contribution in [0.1, 0.15) is 46.0 Å². The Kier molecular flexibility index (Phi) is 3.56. The molecule has 0 heterocycles. The van der Waals surface area contributed by atoms with Gasteiger partial charge in [-0.2, -0.15) is 0 Å². The number of ether oxygens (including phenoxy) is 1. The Morgan fingerprint density at radius 2 is 2.25 bits per heavy atom. The predicted octanol–water partition coefficient (Wildman–Crippen LogP) is 2.34. The standard InChI is InChI=1S/C14H23NO/c1-4-11(5-2)15-12-10-13(16-6-3)14(12)8-7-9-14/h1,11-13,15H,5-10H2,2-3H3. The Hall–Kier alpha value is -0.520. The highest BCUT2D eigenvalue weighted by Gasteiger charge is 2.58. The topological polar surface area (TPSA) is 21.3 Å². The van der Waals surface area contributed by atoms with Crippen LogP contribution < -0.4 is 5.32 Å². The van der Waals surface area contributed by atoms with Crippen molar-refractivity contribution in [1.82, 2.24) is 5.32 Å². The van der Waals surface area contributed by atoms with Crippen LogP contribution in [-0.2, 0) is 4.74 Å². The van der Waals surface area contributed by atoms with Crippen LogP contribution in [0.5, 0.6) is 0 Å². The quantitative estimate of drug-likeness (QED) is 0.719. The molecule has 2 rings (SSSR count). The smallest absolute Gasteiger partial charge is 0.0686 e. The van der Waals surface area contributed by atoms with Gasteiger partial charge in [-0.1, -0.05) is 19.3 Å². The van der Waals surface area contributed by atoms with Crippen molar-refractivity contribution in [2.45, 2.75) is 64.1 Å². The van der Waals surface area contributed by atoms with Crippen molar-refractivity contribution in [1.29, 1.82) is 0 Å². The summed E-state index contributed by atoms with van der Waals surface area (Å²) in [6.07, 6.45) is 12.1. The maximum absolute atomic E-state index is 5.82. The second-order valence-electron chi connectivity index (χ2n) is 5.11. The maximum atomic E-state index is 5.82. The van der Waals surface area contributed by atoms with Crippen LogP contribution in [0.2, 0.25) is 0 Å². The van der Waals surface area contributed by atoms with E-state index in [-0.39, 0.29) is 6.04 Å². The first-order chi connectivity index (χ1) is 7.76. The van der Waals surface area contributed by atoms with E-state index in [1.165, 1.54) is 19.3 Å². The summed E-state index contributed by atoms with van der Waals surface area (Å²) in [5, 5.41) is 3.62. The van der Waals surface area contributed by atoms with Crippen molar-refractivity contribution in [2.75, 3.05) is 6.61 Å². The lowest BCUT2D eigenvalue weighted by Crippen LogP contribution is -2.68. The van der Waals surface area contributed by atoms with Crippen LogP contribution in [0.25, 0.3) is 0 Å². The van der Waals surface area contributed by atoms with Gasteiger partial charge in [0.15, 0.2) is 0 Å². The van der Waals surface area contributed by atoms with E-state index >= 15 is 0 Å². The van der Waals surface area contributed by atoms with Crippen molar-refractivity contribution in [3.8, 4) is 12.3 Å². The minimum absolute atomic E-state index is 0.241. The Labute approximate surface area is 99.1 Å². The van der Waals surface area contributed by atoms with Crippen LogP contribution >= 0.6 is 0 Å². The van der Waals surface area contributed by atoms with Gasteiger partial charge in [-0.3, -0.25) is 0 Å². The molecule has 2 heteroatoms. The molecule has 90 valence electrons. The van der Waals surface area contributed by atoms with Gasteiger partial charge in [0.1, 0.15) is 0 Å². The van der Waals surface area contributed by atoms with E-state index in [9.17, 15) is 0 Å².